The number of carboxylic acids is 1. The number of hydrogen-bond donors (Lipinski definition) is 2. The van der Waals surface area contributed by atoms with Gasteiger partial charge in [-0.1, -0.05) is 0 Å². The number of aromatic hydroxyl groups is 1. The number of halogens is 1. The molecule has 0 saturated heterocycles. The molecule has 0 aliphatic carbocycles. The molecule has 1 unspecified atom stereocenters. The molecule has 1 heterocycles. The van der Waals surface area contributed by atoms with E-state index in [-0.39, 0.29) is 11.5 Å². The van der Waals surface area contributed by atoms with Crippen molar-refractivity contribution in [3.05, 3.63) is 35.1 Å². The van der Waals surface area contributed by atoms with Crippen molar-refractivity contribution < 1.29 is 19.7 Å². The summed E-state index contributed by atoms with van der Waals surface area (Å²) in [6.07, 6.45) is 2.14. The number of rotatable bonds is 4. The summed E-state index contributed by atoms with van der Waals surface area (Å²) in [5.74, 6) is -0.728. The van der Waals surface area contributed by atoms with Gasteiger partial charge in [-0.15, -0.1) is 0 Å². The lowest BCUT2D eigenvalue weighted by atomic mass is 10.2. The predicted octanol–water partition coefficient (Wildman–Crippen LogP) is 2.46. The first-order chi connectivity index (χ1) is 9.47. The number of carboxylic acid groups (broad SMARTS) is 1. The van der Waals surface area contributed by atoms with Crippen LogP contribution < -0.4 is 4.74 Å². The van der Waals surface area contributed by atoms with Gasteiger partial charge in [0, 0.05) is 18.0 Å². The first-order valence-corrected chi connectivity index (χ1v) is 6.47. The van der Waals surface area contributed by atoms with Gasteiger partial charge in [0.25, 0.3) is 0 Å². The first kappa shape index (κ1) is 14.3. The number of ether oxygens (including phenoxy) is 1. The minimum Gasteiger partial charge on any atom is -0.504 e. The Balaban J connectivity index is 2.25. The zero-order valence-corrected chi connectivity index (χ0v) is 12.0. The highest BCUT2D eigenvalue weighted by Crippen LogP contribution is 2.31. The standard InChI is InChI=1S/C13H11BrN2O4/c1-7(13(18)19)20-11-3-2-8(4-10(11)17)12-15-5-9(14)6-16-12/h2-7,17H,1H3,(H,18,19). The van der Waals surface area contributed by atoms with Gasteiger partial charge in [-0.25, -0.2) is 14.8 Å². The predicted molar refractivity (Wildman–Crippen MR) is 74.6 cm³/mol. The molecule has 2 N–H and O–H groups in total. The number of phenolic OH excluding ortho intramolecular Hbond substituents is 1. The Bertz CT molecular complexity index is 631. The van der Waals surface area contributed by atoms with Crippen LogP contribution in [0.5, 0.6) is 11.5 Å². The summed E-state index contributed by atoms with van der Waals surface area (Å²) in [5, 5.41) is 18.6. The molecule has 2 aromatic rings. The molecule has 0 saturated carbocycles. The fourth-order valence-corrected chi connectivity index (χ4v) is 1.66. The molecule has 20 heavy (non-hydrogen) atoms. The largest absolute Gasteiger partial charge is 0.504 e. The quantitative estimate of drug-likeness (QED) is 0.889. The van der Waals surface area contributed by atoms with Crippen LogP contribution in [-0.2, 0) is 4.79 Å². The average Bonchev–Trinajstić information content (AvgIpc) is 2.41. The second-order valence-corrected chi connectivity index (χ2v) is 4.92. The van der Waals surface area contributed by atoms with Crippen LogP contribution in [0.2, 0.25) is 0 Å². The maximum Gasteiger partial charge on any atom is 0.344 e. The first-order valence-electron chi connectivity index (χ1n) is 5.68. The summed E-state index contributed by atoms with van der Waals surface area (Å²) in [6.45, 7) is 1.38. The molecular weight excluding hydrogens is 328 g/mol. The normalized spacial score (nSPS) is 11.9. The summed E-state index contributed by atoms with van der Waals surface area (Å²) in [7, 11) is 0. The van der Waals surface area contributed by atoms with E-state index < -0.39 is 12.1 Å². The van der Waals surface area contributed by atoms with Gasteiger partial charge in [0.15, 0.2) is 23.4 Å². The highest BCUT2D eigenvalue weighted by atomic mass is 79.9. The fraction of sp³-hybridized carbons (Fsp3) is 0.154. The molecule has 7 heteroatoms. The Hall–Kier alpha value is -2.15. The Morgan fingerprint density at radius 1 is 1.35 bits per heavy atom. The van der Waals surface area contributed by atoms with Crippen LogP contribution in [0.3, 0.4) is 0 Å². The van der Waals surface area contributed by atoms with E-state index in [1.165, 1.54) is 19.1 Å². The van der Waals surface area contributed by atoms with E-state index in [1.54, 1.807) is 18.5 Å². The van der Waals surface area contributed by atoms with Crippen molar-refractivity contribution in [3.8, 4) is 22.9 Å². The van der Waals surface area contributed by atoms with Gasteiger partial charge in [-0.05, 0) is 41.1 Å². The lowest BCUT2D eigenvalue weighted by Crippen LogP contribution is -2.22. The molecule has 0 fully saturated rings. The van der Waals surface area contributed by atoms with Crippen molar-refractivity contribution in [1.82, 2.24) is 9.97 Å². The minimum atomic E-state index is -1.11. The molecule has 0 aliphatic heterocycles. The topological polar surface area (TPSA) is 92.5 Å². The second-order valence-electron chi connectivity index (χ2n) is 4.01. The molecule has 0 spiro atoms. The van der Waals surface area contributed by atoms with Crippen LogP contribution in [0.1, 0.15) is 6.92 Å². The van der Waals surface area contributed by atoms with E-state index in [9.17, 15) is 9.90 Å². The van der Waals surface area contributed by atoms with Crippen LogP contribution >= 0.6 is 15.9 Å². The number of hydrogen-bond acceptors (Lipinski definition) is 5. The van der Waals surface area contributed by atoms with E-state index in [1.807, 2.05) is 0 Å². The van der Waals surface area contributed by atoms with Crippen molar-refractivity contribution in [2.45, 2.75) is 13.0 Å². The molecule has 0 amide bonds. The SMILES string of the molecule is CC(Oc1ccc(-c2ncc(Br)cn2)cc1O)C(=O)O. The van der Waals surface area contributed by atoms with Gasteiger partial charge in [-0.3, -0.25) is 0 Å². The van der Waals surface area contributed by atoms with E-state index >= 15 is 0 Å². The average molecular weight is 339 g/mol. The summed E-state index contributed by atoms with van der Waals surface area (Å²) in [6, 6.07) is 4.55. The maximum absolute atomic E-state index is 10.7. The Morgan fingerprint density at radius 3 is 2.55 bits per heavy atom. The number of carbonyl (C=O) groups is 1. The van der Waals surface area contributed by atoms with Crippen LogP contribution in [0.4, 0.5) is 0 Å². The lowest BCUT2D eigenvalue weighted by molar-refractivity contribution is -0.144. The Kier molecular flexibility index (Phi) is 4.19. The number of aromatic nitrogens is 2. The summed E-state index contributed by atoms with van der Waals surface area (Å²) in [5.41, 5.74) is 0.602. The third-order valence-electron chi connectivity index (χ3n) is 2.49. The number of nitrogens with zero attached hydrogens (tertiary/aromatic N) is 2. The van der Waals surface area contributed by atoms with Crippen molar-refractivity contribution in [2.75, 3.05) is 0 Å². The van der Waals surface area contributed by atoms with Gasteiger partial charge in [-0.2, -0.15) is 0 Å². The van der Waals surface area contributed by atoms with Gasteiger partial charge < -0.3 is 14.9 Å². The maximum atomic E-state index is 10.7. The summed E-state index contributed by atoms with van der Waals surface area (Å²) < 4.78 is 5.87. The van der Waals surface area contributed by atoms with Crippen LogP contribution in [0, 0.1) is 0 Å². The molecule has 1 atom stereocenters. The molecule has 1 aromatic heterocycles. The molecule has 2 rings (SSSR count). The molecule has 0 bridgehead atoms. The van der Waals surface area contributed by atoms with Crippen LogP contribution in [0.15, 0.2) is 35.1 Å². The number of phenols is 1. The van der Waals surface area contributed by atoms with Crippen molar-refractivity contribution >= 4 is 21.9 Å². The van der Waals surface area contributed by atoms with Crippen molar-refractivity contribution in [2.24, 2.45) is 0 Å². The smallest absolute Gasteiger partial charge is 0.344 e. The summed E-state index contributed by atoms with van der Waals surface area (Å²) >= 11 is 3.23. The molecule has 104 valence electrons. The Morgan fingerprint density at radius 2 is 2.00 bits per heavy atom. The lowest BCUT2D eigenvalue weighted by Gasteiger charge is -2.12. The van der Waals surface area contributed by atoms with Crippen molar-refractivity contribution in [3.63, 3.8) is 0 Å². The number of aliphatic carboxylic acids is 1. The van der Waals surface area contributed by atoms with Gasteiger partial charge in [0.1, 0.15) is 0 Å². The molecule has 1 aromatic carbocycles. The van der Waals surface area contributed by atoms with Gasteiger partial charge in [0.2, 0.25) is 0 Å². The molecule has 0 aliphatic rings. The Labute approximate surface area is 123 Å². The third-order valence-corrected chi connectivity index (χ3v) is 2.90. The minimum absolute atomic E-state index is 0.0979. The third kappa shape index (κ3) is 3.24. The molecule has 0 radical (unpaired) electrons. The summed E-state index contributed by atoms with van der Waals surface area (Å²) in [4.78, 5) is 18.9. The number of benzene rings is 1. The van der Waals surface area contributed by atoms with Crippen LogP contribution in [-0.4, -0.2) is 32.3 Å². The van der Waals surface area contributed by atoms with E-state index in [4.69, 9.17) is 9.84 Å². The van der Waals surface area contributed by atoms with E-state index in [2.05, 4.69) is 25.9 Å². The van der Waals surface area contributed by atoms with Crippen LogP contribution in [0.25, 0.3) is 11.4 Å². The molecular formula is C13H11BrN2O4. The molecule has 6 nitrogen and oxygen atoms in total. The monoisotopic (exact) mass is 338 g/mol. The highest BCUT2D eigenvalue weighted by Gasteiger charge is 2.15. The van der Waals surface area contributed by atoms with Crippen molar-refractivity contribution in [1.29, 1.82) is 0 Å². The van der Waals surface area contributed by atoms with E-state index in [0.29, 0.717) is 11.4 Å². The van der Waals surface area contributed by atoms with E-state index in [0.717, 1.165) is 4.47 Å². The van der Waals surface area contributed by atoms with Gasteiger partial charge >= 0.3 is 5.97 Å². The van der Waals surface area contributed by atoms with Gasteiger partial charge in [0.05, 0.1) is 4.47 Å². The fourth-order valence-electron chi connectivity index (χ4n) is 1.46. The highest BCUT2D eigenvalue weighted by molar-refractivity contribution is 9.10. The second kappa shape index (κ2) is 5.87. The zero-order chi connectivity index (χ0) is 14.7. The zero-order valence-electron chi connectivity index (χ0n) is 10.4.